The fraction of sp³-hybridized carbons (Fsp3) is 0.167. The molecule has 0 amide bonds. The Kier molecular flexibility index (Phi) is 3.00. The smallest absolute Gasteiger partial charge is 0.325 e. The standard InChI is InChI=1S/C12H11N2O2/c1-16-12(15)8-14-11-6-9-4-2-3-5-10(9)7-13-11/h2-6H,8H2,1H3,(H,13,14). The van der Waals surface area contributed by atoms with Gasteiger partial charge < -0.3 is 10.1 Å². The lowest BCUT2D eigenvalue weighted by atomic mass is 10.2. The first-order chi connectivity index (χ1) is 7.79. The molecule has 0 aliphatic heterocycles. The number of benzene rings is 1. The Morgan fingerprint density at radius 1 is 1.50 bits per heavy atom. The predicted octanol–water partition coefficient (Wildman–Crippen LogP) is 1.62. The van der Waals surface area contributed by atoms with Crippen molar-refractivity contribution >= 4 is 22.6 Å². The lowest BCUT2D eigenvalue weighted by molar-refractivity contribution is -0.138. The third kappa shape index (κ3) is 2.28. The van der Waals surface area contributed by atoms with Crippen molar-refractivity contribution in [1.82, 2.24) is 4.98 Å². The molecule has 0 saturated carbocycles. The number of hydrogen-bond acceptors (Lipinski definition) is 4. The summed E-state index contributed by atoms with van der Waals surface area (Å²) in [4.78, 5) is 15.0. The first-order valence-electron chi connectivity index (χ1n) is 4.88. The highest BCUT2D eigenvalue weighted by molar-refractivity contribution is 5.84. The molecular formula is C12H11N2O2. The fourth-order valence-electron chi connectivity index (χ4n) is 1.35. The molecule has 4 nitrogen and oxygen atoms in total. The van der Waals surface area contributed by atoms with Crippen LogP contribution in [0, 0.1) is 6.20 Å². The number of carbonyl (C=O) groups excluding carboxylic acids is 1. The fourth-order valence-corrected chi connectivity index (χ4v) is 1.35. The molecule has 1 heterocycles. The molecular weight excluding hydrogens is 204 g/mol. The van der Waals surface area contributed by atoms with Crippen molar-refractivity contribution in [2.75, 3.05) is 19.0 Å². The van der Waals surface area contributed by atoms with Gasteiger partial charge in [-0.3, -0.25) is 4.79 Å². The molecule has 2 aromatic rings. The molecule has 0 atom stereocenters. The van der Waals surface area contributed by atoms with Gasteiger partial charge in [0.25, 0.3) is 0 Å². The number of nitrogens with zero attached hydrogens (tertiary/aromatic N) is 1. The van der Waals surface area contributed by atoms with Gasteiger partial charge in [0, 0.05) is 5.39 Å². The number of esters is 1. The zero-order valence-corrected chi connectivity index (χ0v) is 8.86. The Morgan fingerprint density at radius 2 is 2.31 bits per heavy atom. The number of fused-ring (bicyclic) bond motifs is 1. The zero-order valence-electron chi connectivity index (χ0n) is 8.86. The van der Waals surface area contributed by atoms with Crippen molar-refractivity contribution < 1.29 is 9.53 Å². The minimum Gasteiger partial charge on any atom is -0.468 e. The van der Waals surface area contributed by atoms with Gasteiger partial charge in [0.1, 0.15) is 12.4 Å². The van der Waals surface area contributed by atoms with Gasteiger partial charge in [0.05, 0.1) is 13.3 Å². The zero-order chi connectivity index (χ0) is 11.4. The maximum absolute atomic E-state index is 10.9. The molecule has 1 radical (unpaired) electrons. The average molecular weight is 215 g/mol. The summed E-state index contributed by atoms with van der Waals surface area (Å²) in [6.07, 6.45) is 2.90. The number of methoxy groups -OCH3 is 1. The summed E-state index contributed by atoms with van der Waals surface area (Å²) in [5.41, 5.74) is 0. The van der Waals surface area contributed by atoms with Crippen molar-refractivity contribution in [3.05, 3.63) is 36.5 Å². The van der Waals surface area contributed by atoms with Gasteiger partial charge in [-0.25, -0.2) is 4.98 Å². The largest absolute Gasteiger partial charge is 0.468 e. The molecule has 1 N–H and O–H groups in total. The third-order valence-electron chi connectivity index (χ3n) is 2.19. The minimum absolute atomic E-state index is 0.107. The maximum Gasteiger partial charge on any atom is 0.325 e. The Bertz CT molecular complexity index is 511. The second-order valence-corrected chi connectivity index (χ2v) is 3.27. The van der Waals surface area contributed by atoms with Crippen LogP contribution in [-0.4, -0.2) is 24.6 Å². The van der Waals surface area contributed by atoms with Gasteiger partial charge in [-0.15, -0.1) is 0 Å². The van der Waals surface area contributed by atoms with E-state index >= 15 is 0 Å². The van der Waals surface area contributed by atoms with Crippen molar-refractivity contribution in [2.45, 2.75) is 0 Å². The summed E-state index contributed by atoms with van der Waals surface area (Å²) in [6.45, 7) is 0.107. The average Bonchev–Trinajstić information content (AvgIpc) is 2.35. The van der Waals surface area contributed by atoms with Crippen LogP contribution in [0.5, 0.6) is 0 Å². The molecule has 0 aliphatic rings. The number of ether oxygens (including phenoxy) is 1. The quantitative estimate of drug-likeness (QED) is 0.790. The molecule has 1 aromatic carbocycles. The Balaban J connectivity index is 2.16. The lowest BCUT2D eigenvalue weighted by Crippen LogP contribution is -2.15. The minimum atomic E-state index is -0.324. The van der Waals surface area contributed by atoms with Crippen LogP contribution < -0.4 is 5.32 Å². The van der Waals surface area contributed by atoms with Crippen LogP contribution >= 0.6 is 0 Å². The SMILES string of the molecule is COC(=O)CNc1cc2ccccc2[c]n1. The van der Waals surface area contributed by atoms with E-state index in [2.05, 4.69) is 21.2 Å². The summed E-state index contributed by atoms with van der Waals surface area (Å²) in [5.74, 6) is 0.291. The van der Waals surface area contributed by atoms with E-state index < -0.39 is 0 Å². The second-order valence-electron chi connectivity index (χ2n) is 3.27. The van der Waals surface area contributed by atoms with Crippen LogP contribution in [0.25, 0.3) is 10.8 Å². The van der Waals surface area contributed by atoms with E-state index in [1.165, 1.54) is 7.11 Å². The molecule has 1 aromatic heterocycles. The molecule has 81 valence electrons. The number of rotatable bonds is 3. The van der Waals surface area contributed by atoms with E-state index in [1.54, 1.807) is 0 Å². The third-order valence-corrected chi connectivity index (χ3v) is 2.19. The van der Waals surface area contributed by atoms with E-state index in [0.29, 0.717) is 5.82 Å². The van der Waals surface area contributed by atoms with Crippen molar-refractivity contribution in [2.24, 2.45) is 0 Å². The number of hydrogen-bond donors (Lipinski definition) is 1. The van der Waals surface area contributed by atoms with Gasteiger partial charge >= 0.3 is 5.97 Å². The summed E-state index contributed by atoms with van der Waals surface area (Å²) < 4.78 is 4.52. The molecule has 2 rings (SSSR count). The normalized spacial score (nSPS) is 10.1. The van der Waals surface area contributed by atoms with Gasteiger partial charge in [-0.2, -0.15) is 0 Å². The predicted molar refractivity (Wildman–Crippen MR) is 61.1 cm³/mol. The van der Waals surface area contributed by atoms with E-state index in [1.807, 2.05) is 30.3 Å². The number of anilines is 1. The van der Waals surface area contributed by atoms with Gasteiger partial charge in [-0.1, -0.05) is 24.3 Å². The lowest BCUT2D eigenvalue weighted by Gasteiger charge is -2.04. The monoisotopic (exact) mass is 215 g/mol. The van der Waals surface area contributed by atoms with Crippen LogP contribution in [0.4, 0.5) is 5.82 Å². The Morgan fingerprint density at radius 3 is 3.12 bits per heavy atom. The topological polar surface area (TPSA) is 51.2 Å². The Labute approximate surface area is 93.3 Å². The molecule has 0 spiro atoms. The molecule has 0 unspecified atom stereocenters. The van der Waals surface area contributed by atoms with Crippen LogP contribution in [0.3, 0.4) is 0 Å². The number of carbonyl (C=O) groups is 1. The summed E-state index contributed by atoms with van der Waals surface area (Å²) in [5, 5.41) is 4.85. The molecule has 0 saturated heterocycles. The van der Waals surface area contributed by atoms with E-state index in [-0.39, 0.29) is 12.5 Å². The molecule has 0 aliphatic carbocycles. The summed E-state index contributed by atoms with van der Waals surface area (Å²) in [7, 11) is 1.35. The van der Waals surface area contributed by atoms with Crippen LogP contribution in [0.2, 0.25) is 0 Å². The van der Waals surface area contributed by atoms with Crippen molar-refractivity contribution in [1.29, 1.82) is 0 Å². The second kappa shape index (κ2) is 4.61. The number of nitrogens with one attached hydrogen (secondary N) is 1. The van der Waals surface area contributed by atoms with Crippen molar-refractivity contribution in [3.8, 4) is 0 Å². The first-order valence-corrected chi connectivity index (χ1v) is 4.88. The highest BCUT2D eigenvalue weighted by Crippen LogP contribution is 2.15. The highest BCUT2D eigenvalue weighted by Gasteiger charge is 2.01. The molecule has 16 heavy (non-hydrogen) atoms. The van der Waals surface area contributed by atoms with Gasteiger partial charge in [-0.05, 0) is 11.5 Å². The van der Waals surface area contributed by atoms with Gasteiger partial charge in [0.15, 0.2) is 0 Å². The number of pyridine rings is 1. The molecule has 0 bridgehead atoms. The Hall–Kier alpha value is -2.10. The van der Waals surface area contributed by atoms with E-state index in [9.17, 15) is 4.79 Å². The van der Waals surface area contributed by atoms with Crippen molar-refractivity contribution in [3.63, 3.8) is 0 Å². The molecule has 4 heteroatoms. The van der Waals surface area contributed by atoms with E-state index in [0.717, 1.165) is 10.8 Å². The maximum atomic E-state index is 10.9. The van der Waals surface area contributed by atoms with Crippen LogP contribution in [0.1, 0.15) is 0 Å². The highest BCUT2D eigenvalue weighted by atomic mass is 16.5. The van der Waals surface area contributed by atoms with E-state index in [4.69, 9.17) is 0 Å². The summed E-state index contributed by atoms with van der Waals surface area (Å²) >= 11 is 0. The number of aromatic nitrogens is 1. The first kappa shape index (κ1) is 10.4. The van der Waals surface area contributed by atoms with Crippen LogP contribution in [0.15, 0.2) is 30.3 Å². The van der Waals surface area contributed by atoms with Crippen LogP contribution in [-0.2, 0) is 9.53 Å². The van der Waals surface area contributed by atoms with Gasteiger partial charge in [0.2, 0.25) is 0 Å². The summed E-state index contributed by atoms with van der Waals surface area (Å²) in [6, 6.07) is 9.65. The molecule has 0 fully saturated rings.